The molecule has 9 nitrogen and oxygen atoms in total. The quantitative estimate of drug-likeness (QED) is 0.724. The Hall–Kier alpha value is -2.30. The minimum Gasteiger partial charge on any atom is -0.383 e. The number of carbonyl (C=O) groups excluding carboxylic acids is 2. The molecule has 0 bridgehead atoms. The van der Waals surface area contributed by atoms with Gasteiger partial charge in [0.15, 0.2) is 5.69 Å². The Morgan fingerprint density at radius 2 is 2.20 bits per heavy atom. The minimum absolute atomic E-state index is 0.0352. The van der Waals surface area contributed by atoms with Gasteiger partial charge in [0.05, 0.1) is 31.9 Å². The topological polar surface area (TPSA) is 92.6 Å². The second-order valence-corrected chi connectivity index (χ2v) is 6.09. The van der Waals surface area contributed by atoms with Gasteiger partial charge in [-0.25, -0.2) is 18.3 Å². The van der Waals surface area contributed by atoms with Crippen molar-refractivity contribution in [1.29, 1.82) is 0 Å². The predicted molar refractivity (Wildman–Crippen MR) is 83.4 cm³/mol. The SMILES string of the molecule is COCCNC(=O)c1cn(C[C@@H]2CC(F)(F)CN2C(=O)N(C)C)nn1. The number of rotatable bonds is 6. The Balaban J connectivity index is 2.03. The highest BCUT2D eigenvalue weighted by Gasteiger charge is 2.47. The summed E-state index contributed by atoms with van der Waals surface area (Å²) in [6.45, 7) is 0.0854. The van der Waals surface area contributed by atoms with Crippen molar-refractivity contribution in [2.45, 2.75) is 24.9 Å². The number of amides is 3. The normalized spacial score (nSPS) is 19.1. The number of alkyl halides is 2. The second-order valence-electron chi connectivity index (χ2n) is 6.09. The third kappa shape index (κ3) is 4.84. The Labute approximate surface area is 143 Å². The Morgan fingerprint density at radius 3 is 2.84 bits per heavy atom. The van der Waals surface area contributed by atoms with Crippen LogP contribution in [0.2, 0.25) is 0 Å². The minimum atomic E-state index is -2.95. The standard InChI is InChI=1S/C14H22F2N6O3/c1-20(2)13(24)22-9-14(15,16)6-10(22)7-21-8-11(18-19-21)12(23)17-4-5-25-3/h8,10H,4-7,9H2,1-3H3,(H,17,23)/t10-/m0/s1. The number of hydrogen-bond acceptors (Lipinski definition) is 5. The molecule has 2 rings (SSSR count). The van der Waals surface area contributed by atoms with E-state index in [1.807, 2.05) is 0 Å². The number of likely N-dealkylation sites (tertiary alicyclic amines) is 1. The number of ether oxygens (including phenoxy) is 1. The third-order valence-corrected chi connectivity index (χ3v) is 3.77. The van der Waals surface area contributed by atoms with Gasteiger partial charge in [-0.3, -0.25) is 4.79 Å². The Bertz CT molecular complexity index is 621. The Kier molecular flexibility index (Phi) is 5.88. The first-order valence-corrected chi connectivity index (χ1v) is 7.76. The maximum atomic E-state index is 13.7. The van der Waals surface area contributed by atoms with E-state index >= 15 is 0 Å². The lowest BCUT2D eigenvalue weighted by Crippen LogP contribution is -2.44. The fourth-order valence-corrected chi connectivity index (χ4v) is 2.61. The van der Waals surface area contributed by atoms with Crippen molar-refractivity contribution in [3.63, 3.8) is 0 Å². The Morgan fingerprint density at radius 1 is 1.48 bits per heavy atom. The lowest BCUT2D eigenvalue weighted by Gasteiger charge is -2.26. The van der Waals surface area contributed by atoms with Crippen molar-refractivity contribution in [3.05, 3.63) is 11.9 Å². The molecule has 0 aromatic carbocycles. The summed E-state index contributed by atoms with van der Waals surface area (Å²) in [4.78, 5) is 26.3. The van der Waals surface area contributed by atoms with Gasteiger partial charge < -0.3 is 19.9 Å². The molecule has 140 valence electrons. The molecule has 0 saturated carbocycles. The smallest absolute Gasteiger partial charge is 0.320 e. The average Bonchev–Trinajstić information content (AvgIpc) is 3.11. The number of nitrogens with zero attached hydrogens (tertiary/aromatic N) is 5. The number of hydrogen-bond donors (Lipinski definition) is 1. The van der Waals surface area contributed by atoms with E-state index in [0.717, 1.165) is 4.90 Å². The van der Waals surface area contributed by atoms with Gasteiger partial charge in [0, 0.05) is 34.2 Å². The van der Waals surface area contributed by atoms with E-state index in [9.17, 15) is 18.4 Å². The van der Waals surface area contributed by atoms with Crippen LogP contribution < -0.4 is 5.32 Å². The number of halogens is 2. The van der Waals surface area contributed by atoms with Gasteiger partial charge >= 0.3 is 6.03 Å². The molecule has 1 saturated heterocycles. The summed E-state index contributed by atoms with van der Waals surface area (Å²) in [5.41, 5.74) is 0.0753. The van der Waals surface area contributed by atoms with E-state index in [1.165, 1.54) is 37.0 Å². The molecule has 25 heavy (non-hydrogen) atoms. The monoisotopic (exact) mass is 360 g/mol. The van der Waals surface area contributed by atoms with Crippen molar-refractivity contribution >= 4 is 11.9 Å². The first kappa shape index (κ1) is 19.0. The van der Waals surface area contributed by atoms with E-state index in [2.05, 4.69) is 15.6 Å². The lowest BCUT2D eigenvalue weighted by molar-refractivity contribution is 0.0137. The number of urea groups is 1. The van der Waals surface area contributed by atoms with Crippen LogP contribution in [0.25, 0.3) is 0 Å². The summed E-state index contributed by atoms with van der Waals surface area (Å²) in [6, 6.07) is -1.21. The van der Waals surface area contributed by atoms with Crippen LogP contribution in [0.15, 0.2) is 6.20 Å². The summed E-state index contributed by atoms with van der Waals surface area (Å²) in [5.74, 6) is -3.38. The first-order valence-electron chi connectivity index (χ1n) is 7.76. The lowest BCUT2D eigenvalue weighted by atomic mass is 10.2. The summed E-state index contributed by atoms with van der Waals surface area (Å²) >= 11 is 0. The van der Waals surface area contributed by atoms with Crippen LogP contribution in [0.1, 0.15) is 16.9 Å². The largest absolute Gasteiger partial charge is 0.383 e. The molecule has 1 fully saturated rings. The average molecular weight is 360 g/mol. The van der Waals surface area contributed by atoms with E-state index in [4.69, 9.17) is 4.74 Å². The number of aromatic nitrogens is 3. The second kappa shape index (κ2) is 7.72. The maximum absolute atomic E-state index is 13.7. The third-order valence-electron chi connectivity index (χ3n) is 3.77. The van der Waals surface area contributed by atoms with Crippen molar-refractivity contribution in [2.75, 3.05) is 40.9 Å². The maximum Gasteiger partial charge on any atom is 0.320 e. The number of nitrogens with one attached hydrogen (secondary N) is 1. The van der Waals surface area contributed by atoms with Crippen molar-refractivity contribution in [3.8, 4) is 0 Å². The van der Waals surface area contributed by atoms with E-state index < -0.39 is 36.9 Å². The molecule has 1 aromatic heterocycles. The molecule has 0 unspecified atom stereocenters. The highest BCUT2D eigenvalue weighted by atomic mass is 19.3. The molecule has 1 N–H and O–H groups in total. The van der Waals surface area contributed by atoms with Crippen molar-refractivity contribution in [2.24, 2.45) is 0 Å². The van der Waals surface area contributed by atoms with Gasteiger partial charge in [-0.15, -0.1) is 5.10 Å². The first-order chi connectivity index (χ1) is 11.7. The van der Waals surface area contributed by atoms with Crippen LogP contribution in [0.4, 0.5) is 13.6 Å². The molecule has 0 spiro atoms. The van der Waals surface area contributed by atoms with Crippen LogP contribution in [0.5, 0.6) is 0 Å². The zero-order chi connectivity index (χ0) is 18.6. The molecule has 0 radical (unpaired) electrons. The molecule has 0 aliphatic carbocycles. The van der Waals surface area contributed by atoms with E-state index in [-0.39, 0.29) is 12.2 Å². The van der Waals surface area contributed by atoms with E-state index in [0.29, 0.717) is 13.2 Å². The molecule has 3 amide bonds. The summed E-state index contributed by atoms with van der Waals surface area (Å²) < 4.78 is 33.6. The molecule has 1 atom stereocenters. The highest BCUT2D eigenvalue weighted by molar-refractivity contribution is 5.91. The van der Waals surface area contributed by atoms with Crippen LogP contribution in [0, 0.1) is 0 Å². The summed E-state index contributed by atoms with van der Waals surface area (Å²) in [6.07, 6.45) is 0.915. The molecule has 1 aliphatic rings. The highest BCUT2D eigenvalue weighted by Crippen LogP contribution is 2.33. The molecular weight excluding hydrogens is 338 g/mol. The van der Waals surface area contributed by atoms with Crippen molar-refractivity contribution in [1.82, 2.24) is 30.1 Å². The van der Waals surface area contributed by atoms with Gasteiger partial charge in [-0.1, -0.05) is 5.21 Å². The van der Waals surface area contributed by atoms with Crippen LogP contribution >= 0.6 is 0 Å². The van der Waals surface area contributed by atoms with Gasteiger partial charge in [0.2, 0.25) is 0 Å². The predicted octanol–water partition coefficient (Wildman–Crippen LogP) is 0.0455. The molecule has 1 aliphatic heterocycles. The van der Waals surface area contributed by atoms with Crippen LogP contribution in [0.3, 0.4) is 0 Å². The summed E-state index contributed by atoms with van der Waals surface area (Å²) in [5, 5.41) is 10.1. The number of carbonyl (C=O) groups is 2. The van der Waals surface area contributed by atoms with Gasteiger partial charge in [0.1, 0.15) is 0 Å². The number of methoxy groups -OCH3 is 1. The molecule has 1 aromatic rings. The fourth-order valence-electron chi connectivity index (χ4n) is 2.61. The molecule has 2 heterocycles. The van der Waals surface area contributed by atoms with E-state index in [1.54, 1.807) is 0 Å². The fraction of sp³-hybridized carbons (Fsp3) is 0.714. The summed E-state index contributed by atoms with van der Waals surface area (Å²) in [7, 11) is 4.53. The van der Waals surface area contributed by atoms with Gasteiger partial charge in [-0.05, 0) is 0 Å². The molecule has 11 heteroatoms. The van der Waals surface area contributed by atoms with Gasteiger partial charge in [0.25, 0.3) is 11.8 Å². The zero-order valence-corrected chi connectivity index (χ0v) is 14.4. The van der Waals surface area contributed by atoms with Gasteiger partial charge in [-0.2, -0.15) is 0 Å². The molecular formula is C14H22F2N6O3. The van der Waals surface area contributed by atoms with Crippen LogP contribution in [-0.2, 0) is 11.3 Å². The zero-order valence-electron chi connectivity index (χ0n) is 14.4. The van der Waals surface area contributed by atoms with Crippen LogP contribution in [-0.4, -0.2) is 89.6 Å². The van der Waals surface area contributed by atoms with Crippen molar-refractivity contribution < 1.29 is 23.1 Å².